The van der Waals surface area contributed by atoms with Crippen molar-refractivity contribution in [2.24, 2.45) is 5.92 Å². The van der Waals surface area contributed by atoms with E-state index in [1.807, 2.05) is 0 Å². The lowest BCUT2D eigenvalue weighted by Crippen LogP contribution is -2.47. The molecule has 0 aromatic rings. The molecule has 0 aromatic carbocycles. The first-order valence-electron chi connectivity index (χ1n) is 6.86. The van der Waals surface area contributed by atoms with Crippen LogP contribution in [0.2, 0.25) is 0 Å². The highest BCUT2D eigenvalue weighted by Gasteiger charge is 2.24. The standard InChI is InChI=1S/C13H26N2O2/c1-3-11-6-4-5-7-12(11)15-13(17)14-9-8-10(2)16/h10-12,16H,3-9H2,1-2H3,(H2,14,15,17). The van der Waals surface area contributed by atoms with Crippen LogP contribution >= 0.6 is 0 Å². The Kier molecular flexibility index (Phi) is 6.34. The van der Waals surface area contributed by atoms with Crippen molar-refractivity contribution in [1.82, 2.24) is 10.6 Å². The fourth-order valence-electron chi connectivity index (χ4n) is 2.50. The number of rotatable bonds is 5. The van der Waals surface area contributed by atoms with E-state index in [1.54, 1.807) is 6.92 Å². The van der Waals surface area contributed by atoms with E-state index in [1.165, 1.54) is 19.3 Å². The summed E-state index contributed by atoms with van der Waals surface area (Å²) in [6, 6.07) is 0.247. The minimum absolute atomic E-state index is 0.0870. The third-order valence-corrected chi connectivity index (χ3v) is 3.60. The van der Waals surface area contributed by atoms with E-state index in [4.69, 9.17) is 5.11 Å². The van der Waals surface area contributed by atoms with Crippen LogP contribution in [0.5, 0.6) is 0 Å². The predicted molar refractivity (Wildman–Crippen MR) is 68.9 cm³/mol. The van der Waals surface area contributed by atoms with Crippen LogP contribution < -0.4 is 10.6 Å². The maximum Gasteiger partial charge on any atom is 0.315 e. The highest BCUT2D eigenvalue weighted by Crippen LogP contribution is 2.26. The molecule has 0 heterocycles. The van der Waals surface area contributed by atoms with Gasteiger partial charge < -0.3 is 15.7 Å². The second-order valence-electron chi connectivity index (χ2n) is 5.10. The lowest BCUT2D eigenvalue weighted by atomic mass is 9.83. The van der Waals surface area contributed by atoms with Crippen molar-refractivity contribution in [3.05, 3.63) is 0 Å². The van der Waals surface area contributed by atoms with Gasteiger partial charge in [0, 0.05) is 12.6 Å². The minimum atomic E-state index is -0.353. The number of amides is 2. The van der Waals surface area contributed by atoms with Gasteiger partial charge >= 0.3 is 6.03 Å². The van der Waals surface area contributed by atoms with E-state index in [-0.39, 0.29) is 12.1 Å². The minimum Gasteiger partial charge on any atom is -0.393 e. The van der Waals surface area contributed by atoms with Crippen molar-refractivity contribution >= 4 is 6.03 Å². The first-order valence-corrected chi connectivity index (χ1v) is 6.86. The van der Waals surface area contributed by atoms with Crippen molar-refractivity contribution in [3.63, 3.8) is 0 Å². The third kappa shape index (κ3) is 5.39. The summed E-state index contributed by atoms with van der Waals surface area (Å²) in [7, 11) is 0. The summed E-state index contributed by atoms with van der Waals surface area (Å²) in [5, 5.41) is 15.0. The molecular weight excluding hydrogens is 216 g/mol. The van der Waals surface area contributed by atoms with Crippen LogP contribution in [0.15, 0.2) is 0 Å². The molecule has 3 N–H and O–H groups in total. The van der Waals surface area contributed by atoms with Crippen molar-refractivity contribution in [3.8, 4) is 0 Å². The Hall–Kier alpha value is -0.770. The Bertz CT molecular complexity index is 231. The second kappa shape index (κ2) is 7.54. The number of hydrogen-bond donors (Lipinski definition) is 3. The van der Waals surface area contributed by atoms with Gasteiger partial charge in [0.15, 0.2) is 0 Å². The van der Waals surface area contributed by atoms with Crippen LogP contribution in [0.1, 0.15) is 52.4 Å². The van der Waals surface area contributed by atoms with Crippen LogP contribution in [0.3, 0.4) is 0 Å². The maximum atomic E-state index is 11.7. The summed E-state index contributed by atoms with van der Waals surface area (Å²) >= 11 is 0. The van der Waals surface area contributed by atoms with E-state index in [9.17, 15) is 4.79 Å². The molecule has 100 valence electrons. The molecule has 1 fully saturated rings. The molecule has 1 aliphatic rings. The number of aliphatic hydroxyl groups is 1. The number of nitrogens with one attached hydrogen (secondary N) is 2. The van der Waals surface area contributed by atoms with Gasteiger partial charge in [0.2, 0.25) is 0 Å². The number of aliphatic hydroxyl groups excluding tert-OH is 1. The van der Waals surface area contributed by atoms with Gasteiger partial charge in [-0.3, -0.25) is 0 Å². The molecule has 4 nitrogen and oxygen atoms in total. The van der Waals surface area contributed by atoms with Gasteiger partial charge in [-0.05, 0) is 32.1 Å². The zero-order chi connectivity index (χ0) is 12.7. The molecule has 1 aliphatic carbocycles. The highest BCUT2D eigenvalue weighted by molar-refractivity contribution is 5.74. The van der Waals surface area contributed by atoms with Crippen molar-refractivity contribution in [2.45, 2.75) is 64.5 Å². The normalized spacial score (nSPS) is 26.3. The Labute approximate surface area is 104 Å². The molecule has 0 bridgehead atoms. The summed E-state index contributed by atoms with van der Waals surface area (Å²) in [6.45, 7) is 4.46. The number of urea groups is 1. The molecule has 17 heavy (non-hydrogen) atoms. The average Bonchev–Trinajstić information content (AvgIpc) is 2.29. The fourth-order valence-corrected chi connectivity index (χ4v) is 2.50. The van der Waals surface area contributed by atoms with Gasteiger partial charge in [-0.2, -0.15) is 0 Å². The molecule has 0 aliphatic heterocycles. The van der Waals surface area contributed by atoms with Crippen LogP contribution in [-0.4, -0.2) is 29.8 Å². The van der Waals surface area contributed by atoms with Gasteiger partial charge in [0.05, 0.1) is 6.10 Å². The lowest BCUT2D eigenvalue weighted by Gasteiger charge is -2.31. The zero-order valence-electron chi connectivity index (χ0n) is 11.0. The molecule has 4 heteroatoms. The average molecular weight is 242 g/mol. The van der Waals surface area contributed by atoms with Crippen molar-refractivity contribution < 1.29 is 9.90 Å². The fraction of sp³-hybridized carbons (Fsp3) is 0.923. The Morgan fingerprint density at radius 3 is 2.76 bits per heavy atom. The van der Waals surface area contributed by atoms with E-state index in [0.717, 1.165) is 12.8 Å². The third-order valence-electron chi connectivity index (χ3n) is 3.60. The quantitative estimate of drug-likeness (QED) is 0.690. The molecule has 0 radical (unpaired) electrons. The molecule has 3 unspecified atom stereocenters. The van der Waals surface area contributed by atoms with Crippen LogP contribution in [0.4, 0.5) is 4.79 Å². The van der Waals surface area contributed by atoms with E-state index in [2.05, 4.69) is 17.6 Å². The smallest absolute Gasteiger partial charge is 0.315 e. The van der Waals surface area contributed by atoms with Crippen molar-refractivity contribution in [2.75, 3.05) is 6.54 Å². The lowest BCUT2D eigenvalue weighted by molar-refractivity contribution is 0.181. The molecule has 0 aromatic heterocycles. The summed E-state index contributed by atoms with van der Waals surface area (Å²) in [5.74, 6) is 0.631. The predicted octanol–water partition coefficient (Wildman–Crippen LogP) is 2.03. The van der Waals surface area contributed by atoms with Gasteiger partial charge in [-0.25, -0.2) is 4.79 Å². The Morgan fingerprint density at radius 2 is 2.12 bits per heavy atom. The first kappa shape index (κ1) is 14.3. The van der Waals surface area contributed by atoms with Gasteiger partial charge in [0.1, 0.15) is 0 Å². The summed E-state index contributed by atoms with van der Waals surface area (Å²) < 4.78 is 0. The van der Waals surface area contributed by atoms with E-state index in [0.29, 0.717) is 24.9 Å². The molecule has 3 atom stereocenters. The highest BCUT2D eigenvalue weighted by atomic mass is 16.3. The number of carbonyl (C=O) groups excluding carboxylic acids is 1. The van der Waals surface area contributed by atoms with Crippen LogP contribution in [0.25, 0.3) is 0 Å². The van der Waals surface area contributed by atoms with Gasteiger partial charge in [-0.1, -0.05) is 26.2 Å². The Morgan fingerprint density at radius 1 is 1.41 bits per heavy atom. The molecule has 1 saturated carbocycles. The monoisotopic (exact) mass is 242 g/mol. The summed E-state index contributed by atoms with van der Waals surface area (Å²) in [5.41, 5.74) is 0. The maximum absolute atomic E-state index is 11.7. The molecule has 0 spiro atoms. The topological polar surface area (TPSA) is 61.4 Å². The largest absolute Gasteiger partial charge is 0.393 e. The molecular formula is C13H26N2O2. The second-order valence-corrected chi connectivity index (χ2v) is 5.10. The van der Waals surface area contributed by atoms with Crippen LogP contribution in [-0.2, 0) is 0 Å². The first-order chi connectivity index (χ1) is 8.13. The SMILES string of the molecule is CCC1CCCCC1NC(=O)NCCC(C)O. The number of hydrogen-bond acceptors (Lipinski definition) is 2. The summed E-state index contributed by atoms with van der Waals surface area (Å²) in [6.07, 6.45) is 6.23. The zero-order valence-corrected chi connectivity index (χ0v) is 11.0. The molecule has 1 rings (SSSR count). The summed E-state index contributed by atoms with van der Waals surface area (Å²) in [4.78, 5) is 11.7. The van der Waals surface area contributed by atoms with E-state index >= 15 is 0 Å². The van der Waals surface area contributed by atoms with Crippen LogP contribution in [0, 0.1) is 5.92 Å². The molecule has 0 saturated heterocycles. The number of carbonyl (C=O) groups is 1. The van der Waals surface area contributed by atoms with E-state index < -0.39 is 0 Å². The Balaban J connectivity index is 2.24. The van der Waals surface area contributed by atoms with Gasteiger partial charge in [0.25, 0.3) is 0 Å². The van der Waals surface area contributed by atoms with Gasteiger partial charge in [-0.15, -0.1) is 0 Å². The molecule has 2 amide bonds. The van der Waals surface area contributed by atoms with Crippen molar-refractivity contribution in [1.29, 1.82) is 0 Å².